The van der Waals surface area contributed by atoms with Crippen LogP contribution in [0.1, 0.15) is 26.7 Å². The molecule has 0 heterocycles. The van der Waals surface area contributed by atoms with Crippen LogP contribution < -0.4 is 5.32 Å². The van der Waals surface area contributed by atoms with E-state index in [1.807, 2.05) is 0 Å². The molecule has 0 fully saturated rings. The Hall–Kier alpha value is 0.260. The summed E-state index contributed by atoms with van der Waals surface area (Å²) in [6.07, 6.45) is 1.07. The van der Waals surface area contributed by atoms with Crippen LogP contribution in [-0.4, -0.2) is 31.1 Å². The summed E-state index contributed by atoms with van der Waals surface area (Å²) in [5, 5.41) is 2.31. The van der Waals surface area contributed by atoms with Crippen LogP contribution >= 0.6 is 15.2 Å². The van der Waals surface area contributed by atoms with E-state index < -0.39 is 20.7 Å². The Kier molecular flexibility index (Phi) is 5.64. The fraction of sp³-hybridized carbons (Fsp3) is 1.00. The van der Waals surface area contributed by atoms with Crippen molar-refractivity contribution in [1.82, 2.24) is 5.32 Å². The number of hydrogen-bond donors (Lipinski definition) is 5. The number of nitrogens with one attached hydrogen (secondary N) is 1. The Labute approximate surface area is 88.2 Å². The lowest BCUT2D eigenvalue weighted by atomic mass is 10.2. The van der Waals surface area contributed by atoms with Gasteiger partial charge < -0.3 is 19.6 Å². The van der Waals surface area contributed by atoms with Crippen molar-refractivity contribution in [2.24, 2.45) is 0 Å². The monoisotopic (exact) mass is 261 g/mol. The predicted molar refractivity (Wildman–Crippen MR) is 55.4 cm³/mol. The molecule has 0 spiro atoms. The Morgan fingerprint density at radius 3 is 1.53 bits per heavy atom. The Balaban J connectivity index is 4.84. The van der Waals surface area contributed by atoms with Crippen LogP contribution in [0, 0.1) is 0 Å². The van der Waals surface area contributed by atoms with Gasteiger partial charge in [0.15, 0.2) is 0 Å². The number of rotatable bonds is 6. The summed E-state index contributed by atoms with van der Waals surface area (Å²) in [6, 6.07) is -0.324. The maximum Gasteiger partial charge on any atom is 0.354 e. The predicted octanol–water partition coefficient (Wildman–Crippen LogP) is 0.404. The summed E-state index contributed by atoms with van der Waals surface area (Å²) in [7, 11) is -9.70. The molecule has 92 valence electrons. The van der Waals surface area contributed by atoms with Crippen molar-refractivity contribution in [1.29, 1.82) is 0 Å². The van der Waals surface area contributed by atoms with Crippen LogP contribution in [0.15, 0.2) is 0 Å². The lowest BCUT2D eigenvalue weighted by Gasteiger charge is -2.25. The molecule has 15 heavy (non-hydrogen) atoms. The van der Waals surface area contributed by atoms with Gasteiger partial charge in [0.2, 0.25) is 5.52 Å². The van der Waals surface area contributed by atoms with E-state index in [-0.39, 0.29) is 6.04 Å². The highest BCUT2D eigenvalue weighted by Crippen LogP contribution is 2.58. The highest BCUT2D eigenvalue weighted by atomic mass is 31.2. The summed E-state index contributed by atoms with van der Waals surface area (Å²) >= 11 is 0. The maximum atomic E-state index is 10.9. The van der Waals surface area contributed by atoms with E-state index in [1.54, 1.807) is 13.8 Å². The molecule has 0 saturated carbocycles. The van der Waals surface area contributed by atoms with Crippen molar-refractivity contribution in [3.8, 4) is 0 Å². The zero-order valence-corrected chi connectivity index (χ0v) is 10.4. The van der Waals surface area contributed by atoms with E-state index >= 15 is 0 Å². The van der Waals surface area contributed by atoms with Crippen LogP contribution in [0.3, 0.4) is 0 Å². The van der Waals surface area contributed by atoms with Gasteiger partial charge >= 0.3 is 15.2 Å². The van der Waals surface area contributed by atoms with E-state index in [1.165, 1.54) is 0 Å². The van der Waals surface area contributed by atoms with Crippen molar-refractivity contribution >= 4 is 15.2 Å². The largest absolute Gasteiger partial charge is 0.354 e. The van der Waals surface area contributed by atoms with Crippen molar-refractivity contribution in [3.05, 3.63) is 0 Å². The average Bonchev–Trinajstić information content (AvgIpc) is 2.01. The van der Waals surface area contributed by atoms with Crippen molar-refractivity contribution in [2.75, 3.05) is 0 Å². The van der Waals surface area contributed by atoms with E-state index in [0.717, 1.165) is 0 Å². The van der Waals surface area contributed by atoms with Gasteiger partial charge in [0.25, 0.3) is 0 Å². The standard InChI is InChI=1S/C6H17NO6P2/c1-3-5(4-2)7-6(14(8,9)10)15(11,12)13/h5-7H,3-4H2,1-2H3,(H2,8,9,10)(H2,11,12,13). The molecule has 0 aliphatic carbocycles. The van der Waals surface area contributed by atoms with Gasteiger partial charge in [-0.15, -0.1) is 0 Å². The summed E-state index contributed by atoms with van der Waals surface area (Å²) in [6.45, 7) is 3.52. The van der Waals surface area contributed by atoms with Crippen LogP contribution in [0.2, 0.25) is 0 Å². The Morgan fingerprint density at radius 2 is 1.33 bits per heavy atom. The Morgan fingerprint density at radius 1 is 1.00 bits per heavy atom. The molecular formula is C6H17NO6P2. The SMILES string of the molecule is CCC(CC)NC(P(=O)(O)O)P(=O)(O)O. The molecular weight excluding hydrogens is 244 g/mol. The van der Waals surface area contributed by atoms with Gasteiger partial charge in [0.1, 0.15) is 0 Å². The highest BCUT2D eigenvalue weighted by Gasteiger charge is 2.43. The first-order chi connectivity index (χ1) is 6.62. The highest BCUT2D eigenvalue weighted by molar-refractivity contribution is 7.70. The first kappa shape index (κ1) is 15.3. The van der Waals surface area contributed by atoms with Gasteiger partial charge in [-0.05, 0) is 12.8 Å². The summed E-state index contributed by atoms with van der Waals surface area (Å²) < 4.78 is 21.8. The topological polar surface area (TPSA) is 127 Å². The van der Waals surface area contributed by atoms with E-state index in [9.17, 15) is 9.13 Å². The molecule has 0 unspecified atom stereocenters. The molecule has 0 bridgehead atoms. The van der Waals surface area contributed by atoms with Gasteiger partial charge in [-0.25, -0.2) is 0 Å². The first-order valence-electron chi connectivity index (χ1n) is 4.49. The zero-order valence-electron chi connectivity index (χ0n) is 8.57. The third-order valence-electron chi connectivity index (χ3n) is 2.01. The third-order valence-corrected chi connectivity index (χ3v) is 5.39. The molecule has 0 rings (SSSR count). The molecule has 5 N–H and O–H groups in total. The normalized spacial score (nSPS) is 13.9. The second-order valence-corrected chi connectivity index (χ2v) is 7.03. The molecule has 9 heteroatoms. The van der Waals surface area contributed by atoms with Crippen LogP contribution in [0.5, 0.6) is 0 Å². The molecule has 0 amide bonds. The molecule has 0 saturated heterocycles. The molecule has 0 aromatic heterocycles. The van der Waals surface area contributed by atoms with Crippen LogP contribution in [0.25, 0.3) is 0 Å². The minimum absolute atomic E-state index is 0.324. The van der Waals surface area contributed by atoms with Gasteiger partial charge in [0, 0.05) is 6.04 Å². The van der Waals surface area contributed by atoms with Gasteiger partial charge in [-0.3, -0.25) is 14.4 Å². The minimum Gasteiger partial charge on any atom is -0.323 e. The minimum atomic E-state index is -4.85. The summed E-state index contributed by atoms with van der Waals surface area (Å²) in [5.74, 6) is 0. The van der Waals surface area contributed by atoms with Crippen LogP contribution in [0.4, 0.5) is 0 Å². The molecule has 0 aromatic rings. The quantitative estimate of drug-likeness (QED) is 0.438. The molecule has 0 aromatic carbocycles. The van der Waals surface area contributed by atoms with Crippen molar-refractivity contribution in [2.45, 2.75) is 38.3 Å². The van der Waals surface area contributed by atoms with Gasteiger partial charge in [0.05, 0.1) is 0 Å². The Bertz CT molecular complexity index is 257. The lowest BCUT2D eigenvalue weighted by Crippen LogP contribution is -2.37. The smallest absolute Gasteiger partial charge is 0.323 e. The molecule has 0 atom stereocenters. The van der Waals surface area contributed by atoms with E-state index in [2.05, 4.69) is 5.32 Å². The van der Waals surface area contributed by atoms with Gasteiger partial charge in [-0.1, -0.05) is 13.8 Å². The summed E-state index contributed by atoms with van der Waals surface area (Å²) in [4.78, 5) is 35.2. The van der Waals surface area contributed by atoms with E-state index in [4.69, 9.17) is 19.6 Å². The maximum absolute atomic E-state index is 10.9. The van der Waals surface area contributed by atoms with Gasteiger partial charge in [-0.2, -0.15) is 0 Å². The second-order valence-electron chi connectivity index (χ2n) is 3.23. The fourth-order valence-corrected chi connectivity index (χ4v) is 3.50. The molecule has 0 aliphatic rings. The van der Waals surface area contributed by atoms with Crippen molar-refractivity contribution < 1.29 is 28.7 Å². The second kappa shape index (κ2) is 5.55. The molecule has 0 radical (unpaired) electrons. The average molecular weight is 261 g/mol. The number of hydrogen-bond acceptors (Lipinski definition) is 3. The fourth-order valence-electron chi connectivity index (χ4n) is 1.13. The first-order valence-corrected chi connectivity index (χ1v) is 7.85. The molecule has 7 nitrogen and oxygen atoms in total. The van der Waals surface area contributed by atoms with Crippen molar-refractivity contribution in [3.63, 3.8) is 0 Å². The third kappa shape index (κ3) is 5.22. The lowest BCUT2D eigenvalue weighted by molar-refractivity contribution is 0.317. The molecule has 0 aliphatic heterocycles. The van der Waals surface area contributed by atoms with Crippen LogP contribution in [-0.2, 0) is 9.13 Å². The summed E-state index contributed by atoms with van der Waals surface area (Å²) in [5.41, 5.74) is -2.10. The zero-order chi connectivity index (χ0) is 12.3. The van der Waals surface area contributed by atoms with E-state index in [0.29, 0.717) is 12.8 Å².